The van der Waals surface area contributed by atoms with E-state index in [1.807, 2.05) is 22.8 Å². The number of halogens is 2. The number of thioether (sulfide) groups is 1. The Kier molecular flexibility index (Phi) is 5.75. The molecule has 0 unspecified atom stereocenters. The number of anilines is 1. The number of rotatable bonds is 5. The van der Waals surface area contributed by atoms with Crippen LogP contribution in [0.2, 0.25) is 0 Å². The fourth-order valence-corrected chi connectivity index (χ4v) is 4.06. The first-order chi connectivity index (χ1) is 13.2. The molecule has 5 nitrogen and oxygen atoms in total. The van der Waals surface area contributed by atoms with E-state index in [2.05, 4.69) is 43.2 Å². The van der Waals surface area contributed by atoms with Gasteiger partial charge in [0, 0.05) is 23.3 Å². The monoisotopic (exact) mass is 448 g/mol. The molecule has 2 aromatic carbocycles. The molecule has 0 saturated carbocycles. The summed E-state index contributed by atoms with van der Waals surface area (Å²) in [5.74, 6) is 1.20. The van der Waals surface area contributed by atoms with Gasteiger partial charge in [0.1, 0.15) is 5.82 Å². The van der Waals surface area contributed by atoms with Crippen molar-refractivity contribution < 1.29 is 9.13 Å². The summed E-state index contributed by atoms with van der Waals surface area (Å²) in [5.41, 5.74) is 1.91. The van der Waals surface area contributed by atoms with Crippen molar-refractivity contribution in [2.75, 3.05) is 31.2 Å². The highest BCUT2D eigenvalue weighted by Crippen LogP contribution is 2.29. The van der Waals surface area contributed by atoms with Crippen molar-refractivity contribution in [3.63, 3.8) is 0 Å². The molecule has 4 rings (SSSR count). The molecule has 0 atom stereocenters. The third-order valence-corrected chi connectivity index (χ3v) is 5.79. The first kappa shape index (κ1) is 18.5. The molecule has 1 fully saturated rings. The van der Waals surface area contributed by atoms with Crippen LogP contribution in [-0.2, 0) is 10.5 Å². The summed E-state index contributed by atoms with van der Waals surface area (Å²) < 4.78 is 22.3. The predicted molar refractivity (Wildman–Crippen MR) is 108 cm³/mol. The molecule has 0 radical (unpaired) electrons. The van der Waals surface area contributed by atoms with Crippen LogP contribution in [0.1, 0.15) is 5.56 Å². The van der Waals surface area contributed by atoms with Gasteiger partial charge in [-0.25, -0.2) is 4.39 Å². The largest absolute Gasteiger partial charge is 0.378 e. The molecule has 2 heterocycles. The van der Waals surface area contributed by atoms with E-state index in [9.17, 15) is 4.39 Å². The third-order valence-electron chi connectivity index (χ3n) is 4.26. The van der Waals surface area contributed by atoms with E-state index < -0.39 is 0 Å². The van der Waals surface area contributed by atoms with Crippen molar-refractivity contribution in [1.82, 2.24) is 14.8 Å². The zero-order valence-corrected chi connectivity index (χ0v) is 16.9. The fraction of sp³-hybridized carbons (Fsp3) is 0.263. The maximum absolute atomic E-state index is 13.9. The van der Waals surface area contributed by atoms with Crippen molar-refractivity contribution in [3.8, 4) is 5.69 Å². The van der Waals surface area contributed by atoms with E-state index in [4.69, 9.17) is 4.74 Å². The maximum Gasteiger partial charge on any atom is 0.232 e. The Bertz CT molecular complexity index is 912. The summed E-state index contributed by atoms with van der Waals surface area (Å²) in [6, 6.07) is 14.7. The summed E-state index contributed by atoms with van der Waals surface area (Å²) in [6.07, 6.45) is 0. The van der Waals surface area contributed by atoms with E-state index in [-0.39, 0.29) is 5.82 Å². The Labute approximate surface area is 169 Å². The van der Waals surface area contributed by atoms with Gasteiger partial charge in [0.05, 0.1) is 18.9 Å². The van der Waals surface area contributed by atoms with Crippen molar-refractivity contribution in [3.05, 3.63) is 64.4 Å². The molecule has 1 aliphatic heterocycles. The minimum Gasteiger partial charge on any atom is -0.378 e. The van der Waals surface area contributed by atoms with Gasteiger partial charge in [-0.15, -0.1) is 10.2 Å². The predicted octanol–water partition coefficient (Wildman–Crippen LogP) is 4.30. The van der Waals surface area contributed by atoms with E-state index in [1.165, 1.54) is 17.7 Å². The molecule has 1 aromatic heterocycles. The summed E-state index contributed by atoms with van der Waals surface area (Å²) in [6.45, 7) is 2.78. The van der Waals surface area contributed by atoms with Crippen LogP contribution in [0, 0.1) is 5.82 Å². The standard InChI is InChI=1S/C19H18BrFN4OS/c20-15-6-4-14(5-7-15)13-27-19-23-22-18(24-8-10-26-11-9-24)25(19)17-3-1-2-16(21)12-17/h1-7,12H,8-11,13H2. The first-order valence-electron chi connectivity index (χ1n) is 8.62. The van der Waals surface area contributed by atoms with Gasteiger partial charge in [-0.1, -0.05) is 45.9 Å². The number of nitrogens with zero attached hydrogens (tertiary/aromatic N) is 4. The molecular formula is C19H18BrFN4OS. The summed E-state index contributed by atoms with van der Waals surface area (Å²) in [5, 5.41) is 9.54. The fourth-order valence-electron chi connectivity index (χ4n) is 2.89. The summed E-state index contributed by atoms with van der Waals surface area (Å²) in [4.78, 5) is 2.13. The van der Waals surface area contributed by atoms with Gasteiger partial charge >= 0.3 is 0 Å². The lowest BCUT2D eigenvalue weighted by molar-refractivity contribution is 0.122. The van der Waals surface area contributed by atoms with Crippen LogP contribution in [0.15, 0.2) is 58.2 Å². The van der Waals surface area contributed by atoms with Crippen molar-refractivity contribution in [2.24, 2.45) is 0 Å². The lowest BCUT2D eigenvalue weighted by Gasteiger charge is -2.27. The molecule has 1 aliphatic rings. The zero-order chi connectivity index (χ0) is 18.6. The quantitative estimate of drug-likeness (QED) is 0.544. The van der Waals surface area contributed by atoms with Crippen LogP contribution in [0.5, 0.6) is 0 Å². The van der Waals surface area contributed by atoms with Gasteiger partial charge in [0.2, 0.25) is 5.95 Å². The molecule has 0 bridgehead atoms. The number of ether oxygens (including phenoxy) is 1. The molecule has 1 saturated heterocycles. The first-order valence-corrected chi connectivity index (χ1v) is 10.4. The van der Waals surface area contributed by atoms with Crippen molar-refractivity contribution >= 4 is 33.6 Å². The second-order valence-corrected chi connectivity index (χ2v) is 7.97. The molecule has 8 heteroatoms. The van der Waals surface area contributed by atoms with Crippen molar-refractivity contribution in [1.29, 1.82) is 0 Å². The Morgan fingerprint density at radius 1 is 1.07 bits per heavy atom. The molecule has 0 N–H and O–H groups in total. The third kappa shape index (κ3) is 4.34. The molecule has 0 spiro atoms. The highest BCUT2D eigenvalue weighted by atomic mass is 79.9. The Hall–Kier alpha value is -1.90. The average molecular weight is 449 g/mol. The van der Waals surface area contributed by atoms with E-state index >= 15 is 0 Å². The minimum atomic E-state index is -0.280. The lowest BCUT2D eigenvalue weighted by atomic mass is 10.2. The number of aromatic nitrogens is 3. The van der Waals surface area contributed by atoms with E-state index in [1.54, 1.807) is 17.8 Å². The van der Waals surface area contributed by atoms with Gasteiger partial charge in [0.25, 0.3) is 0 Å². The molecular weight excluding hydrogens is 431 g/mol. The molecule has 3 aromatic rings. The van der Waals surface area contributed by atoms with Gasteiger partial charge in [-0.05, 0) is 35.9 Å². The van der Waals surface area contributed by atoms with Crippen LogP contribution in [0.3, 0.4) is 0 Å². The number of morpholine rings is 1. The van der Waals surface area contributed by atoms with Crippen LogP contribution in [-0.4, -0.2) is 41.1 Å². The Morgan fingerprint density at radius 2 is 1.85 bits per heavy atom. The number of benzene rings is 2. The van der Waals surface area contributed by atoms with Crippen LogP contribution in [0.25, 0.3) is 5.69 Å². The summed E-state index contributed by atoms with van der Waals surface area (Å²) in [7, 11) is 0. The second kappa shape index (κ2) is 8.41. The lowest BCUT2D eigenvalue weighted by Crippen LogP contribution is -2.37. The molecule has 27 heavy (non-hydrogen) atoms. The minimum absolute atomic E-state index is 0.280. The van der Waals surface area contributed by atoms with Gasteiger partial charge in [-0.3, -0.25) is 4.57 Å². The highest BCUT2D eigenvalue weighted by molar-refractivity contribution is 9.10. The average Bonchev–Trinajstić information content (AvgIpc) is 3.12. The second-order valence-electron chi connectivity index (χ2n) is 6.11. The molecule has 140 valence electrons. The maximum atomic E-state index is 13.9. The number of hydrogen-bond acceptors (Lipinski definition) is 5. The normalized spacial score (nSPS) is 14.5. The number of hydrogen-bond donors (Lipinski definition) is 0. The molecule has 0 amide bonds. The topological polar surface area (TPSA) is 43.2 Å². The van der Waals surface area contributed by atoms with Gasteiger partial charge in [-0.2, -0.15) is 0 Å². The van der Waals surface area contributed by atoms with Gasteiger partial charge < -0.3 is 9.64 Å². The van der Waals surface area contributed by atoms with Crippen LogP contribution < -0.4 is 4.90 Å². The SMILES string of the molecule is Fc1cccc(-n2c(SCc3ccc(Br)cc3)nnc2N2CCOCC2)c1. The summed E-state index contributed by atoms with van der Waals surface area (Å²) >= 11 is 5.04. The molecule has 0 aliphatic carbocycles. The zero-order valence-electron chi connectivity index (χ0n) is 14.5. The van der Waals surface area contributed by atoms with E-state index in [0.29, 0.717) is 13.2 Å². The highest BCUT2D eigenvalue weighted by Gasteiger charge is 2.22. The van der Waals surface area contributed by atoms with Crippen LogP contribution in [0.4, 0.5) is 10.3 Å². The van der Waals surface area contributed by atoms with Crippen molar-refractivity contribution in [2.45, 2.75) is 10.9 Å². The van der Waals surface area contributed by atoms with Gasteiger partial charge in [0.15, 0.2) is 5.16 Å². The smallest absolute Gasteiger partial charge is 0.232 e. The Morgan fingerprint density at radius 3 is 2.59 bits per heavy atom. The van der Waals surface area contributed by atoms with Crippen LogP contribution >= 0.6 is 27.7 Å². The Balaban J connectivity index is 1.65. The van der Waals surface area contributed by atoms with E-state index in [0.717, 1.165) is 40.1 Å².